The molecular formula is C23H25N3O2S2. The van der Waals surface area contributed by atoms with Gasteiger partial charge in [0.1, 0.15) is 5.00 Å². The fourth-order valence-corrected chi connectivity index (χ4v) is 6.36. The van der Waals surface area contributed by atoms with Gasteiger partial charge in [0, 0.05) is 28.7 Å². The van der Waals surface area contributed by atoms with Gasteiger partial charge in [-0.3, -0.25) is 9.59 Å². The lowest BCUT2D eigenvalue weighted by atomic mass is 10.1. The van der Waals surface area contributed by atoms with E-state index in [9.17, 15) is 9.59 Å². The monoisotopic (exact) mass is 439 g/mol. The van der Waals surface area contributed by atoms with Gasteiger partial charge in [0.2, 0.25) is 5.91 Å². The van der Waals surface area contributed by atoms with Crippen molar-refractivity contribution in [3.8, 4) is 5.00 Å². The second kappa shape index (κ2) is 8.70. The summed E-state index contributed by atoms with van der Waals surface area (Å²) in [6.45, 7) is 5.94. The molecule has 0 unspecified atom stereocenters. The van der Waals surface area contributed by atoms with Crippen molar-refractivity contribution < 1.29 is 9.59 Å². The number of fused-ring (bicyclic) bond motifs is 1. The zero-order valence-corrected chi connectivity index (χ0v) is 19.0. The van der Waals surface area contributed by atoms with E-state index < -0.39 is 0 Å². The normalized spacial score (nSPS) is 13.0. The predicted molar refractivity (Wildman–Crippen MR) is 125 cm³/mol. The maximum atomic E-state index is 13.1. The lowest BCUT2D eigenvalue weighted by Crippen LogP contribution is -2.34. The highest BCUT2D eigenvalue weighted by molar-refractivity contribution is 7.98. The number of carbonyl (C=O) groups excluding carboxylic acids is 2. The summed E-state index contributed by atoms with van der Waals surface area (Å²) >= 11 is 3.57. The zero-order valence-electron chi connectivity index (χ0n) is 17.4. The van der Waals surface area contributed by atoms with Gasteiger partial charge < -0.3 is 15.2 Å². The third kappa shape index (κ3) is 4.18. The van der Waals surface area contributed by atoms with Crippen molar-refractivity contribution >= 4 is 40.6 Å². The maximum Gasteiger partial charge on any atom is 0.255 e. The number of amides is 2. The Morgan fingerprint density at radius 3 is 2.50 bits per heavy atom. The number of nitrogens with one attached hydrogen (secondary N) is 2. The van der Waals surface area contributed by atoms with E-state index >= 15 is 0 Å². The van der Waals surface area contributed by atoms with Crippen molar-refractivity contribution in [2.75, 3.05) is 17.6 Å². The molecule has 0 aliphatic carbocycles. The molecule has 5 nitrogen and oxygen atoms in total. The van der Waals surface area contributed by atoms with Crippen molar-refractivity contribution in [2.45, 2.75) is 32.9 Å². The standard InChI is InChI=1S/C23H25N3O2S2/c1-14-10-15(2)21(16(3)11-14)25-19(27)12-24-22(28)20-17-6-9-29-13-18(17)30-23(20)26-7-4-5-8-26/h4-5,7-8,10-11H,6,9,12-13H2,1-3H3,(H,24,28)(H,25,27). The van der Waals surface area contributed by atoms with Gasteiger partial charge in [-0.2, -0.15) is 11.8 Å². The van der Waals surface area contributed by atoms with E-state index in [1.54, 1.807) is 11.3 Å². The van der Waals surface area contributed by atoms with Crippen LogP contribution in [0.2, 0.25) is 0 Å². The summed E-state index contributed by atoms with van der Waals surface area (Å²) in [6, 6.07) is 7.99. The van der Waals surface area contributed by atoms with Gasteiger partial charge in [-0.05, 0) is 61.8 Å². The van der Waals surface area contributed by atoms with Crippen LogP contribution in [0, 0.1) is 20.8 Å². The molecule has 0 atom stereocenters. The Labute approximate surface area is 184 Å². The Hall–Kier alpha value is -2.51. The van der Waals surface area contributed by atoms with Gasteiger partial charge in [0.05, 0.1) is 12.1 Å². The van der Waals surface area contributed by atoms with Crippen LogP contribution in [0.3, 0.4) is 0 Å². The highest BCUT2D eigenvalue weighted by Gasteiger charge is 2.26. The Morgan fingerprint density at radius 1 is 1.10 bits per heavy atom. The van der Waals surface area contributed by atoms with Gasteiger partial charge >= 0.3 is 0 Å². The quantitative estimate of drug-likeness (QED) is 0.610. The molecule has 2 aromatic heterocycles. The number of carbonyl (C=O) groups is 2. The van der Waals surface area contributed by atoms with E-state index in [-0.39, 0.29) is 18.4 Å². The number of anilines is 1. The van der Waals surface area contributed by atoms with E-state index in [2.05, 4.69) is 10.6 Å². The molecule has 3 heterocycles. The number of thioether (sulfide) groups is 1. The topological polar surface area (TPSA) is 63.1 Å². The molecule has 2 N–H and O–H groups in total. The number of hydrogen-bond donors (Lipinski definition) is 2. The number of thiophene rings is 1. The average molecular weight is 440 g/mol. The Morgan fingerprint density at radius 2 is 1.80 bits per heavy atom. The number of benzene rings is 1. The minimum Gasteiger partial charge on any atom is -0.343 e. The summed E-state index contributed by atoms with van der Waals surface area (Å²) < 4.78 is 1.99. The van der Waals surface area contributed by atoms with Crippen molar-refractivity contribution in [1.29, 1.82) is 0 Å². The first kappa shape index (κ1) is 20.8. The molecule has 0 radical (unpaired) electrons. The minimum absolute atomic E-state index is 0.0594. The van der Waals surface area contributed by atoms with Crippen molar-refractivity contribution in [1.82, 2.24) is 9.88 Å². The Bertz CT molecular complexity index is 1080. The molecule has 0 saturated carbocycles. The van der Waals surface area contributed by atoms with E-state index in [0.717, 1.165) is 50.9 Å². The lowest BCUT2D eigenvalue weighted by Gasteiger charge is -2.15. The van der Waals surface area contributed by atoms with E-state index in [0.29, 0.717) is 5.56 Å². The highest BCUT2D eigenvalue weighted by atomic mass is 32.2. The molecule has 1 aliphatic heterocycles. The fourth-order valence-electron chi connectivity index (χ4n) is 3.91. The zero-order chi connectivity index (χ0) is 21.3. The average Bonchev–Trinajstić information content (AvgIpc) is 3.36. The number of aromatic nitrogens is 1. The third-order valence-corrected chi connectivity index (χ3v) is 7.63. The van der Waals surface area contributed by atoms with E-state index in [1.165, 1.54) is 4.88 Å². The second-order valence-electron chi connectivity index (χ2n) is 7.58. The molecule has 1 aromatic carbocycles. The minimum atomic E-state index is -0.222. The van der Waals surface area contributed by atoms with Crippen LogP contribution in [-0.4, -0.2) is 28.7 Å². The molecule has 156 valence electrons. The number of nitrogens with zero attached hydrogens (tertiary/aromatic N) is 1. The maximum absolute atomic E-state index is 13.1. The third-order valence-electron chi connectivity index (χ3n) is 5.22. The van der Waals surface area contributed by atoms with Crippen LogP contribution < -0.4 is 10.6 Å². The first-order chi connectivity index (χ1) is 14.4. The van der Waals surface area contributed by atoms with Gasteiger partial charge in [0.15, 0.2) is 0 Å². The first-order valence-corrected chi connectivity index (χ1v) is 11.9. The second-order valence-corrected chi connectivity index (χ2v) is 9.77. The SMILES string of the molecule is Cc1cc(C)c(NC(=O)CNC(=O)c2c(-n3cccc3)sc3c2CCSC3)c(C)c1. The molecular weight excluding hydrogens is 414 g/mol. The summed E-state index contributed by atoms with van der Waals surface area (Å²) in [5, 5.41) is 6.72. The van der Waals surface area contributed by atoms with E-state index in [1.807, 2.05) is 73.8 Å². The molecule has 1 aliphatic rings. The summed E-state index contributed by atoms with van der Waals surface area (Å²) in [4.78, 5) is 26.9. The van der Waals surface area contributed by atoms with Crippen molar-refractivity contribution in [2.24, 2.45) is 0 Å². The van der Waals surface area contributed by atoms with Crippen LogP contribution in [0.25, 0.3) is 5.00 Å². The molecule has 2 amide bonds. The van der Waals surface area contributed by atoms with Gasteiger partial charge in [-0.25, -0.2) is 0 Å². The van der Waals surface area contributed by atoms with Gasteiger partial charge in [0.25, 0.3) is 5.91 Å². The lowest BCUT2D eigenvalue weighted by molar-refractivity contribution is -0.115. The Kier molecular flexibility index (Phi) is 6.01. The summed E-state index contributed by atoms with van der Waals surface area (Å²) in [7, 11) is 0. The summed E-state index contributed by atoms with van der Waals surface area (Å²) in [5.41, 5.74) is 5.86. The number of aryl methyl sites for hydroxylation is 3. The number of hydrogen-bond acceptors (Lipinski definition) is 4. The largest absolute Gasteiger partial charge is 0.343 e. The molecule has 0 fully saturated rings. The van der Waals surface area contributed by atoms with Gasteiger partial charge in [-0.15, -0.1) is 11.3 Å². The molecule has 7 heteroatoms. The van der Waals surface area contributed by atoms with E-state index in [4.69, 9.17) is 0 Å². The van der Waals surface area contributed by atoms with Gasteiger partial charge in [-0.1, -0.05) is 17.7 Å². The summed E-state index contributed by atoms with van der Waals surface area (Å²) in [6.07, 6.45) is 4.79. The Balaban J connectivity index is 1.51. The van der Waals surface area contributed by atoms with Crippen molar-refractivity contribution in [3.05, 3.63) is 69.4 Å². The number of rotatable bonds is 5. The molecule has 0 bridgehead atoms. The molecule has 0 saturated heterocycles. The molecule has 30 heavy (non-hydrogen) atoms. The summed E-state index contributed by atoms with van der Waals surface area (Å²) in [5.74, 6) is 1.55. The smallest absolute Gasteiger partial charge is 0.255 e. The highest BCUT2D eigenvalue weighted by Crippen LogP contribution is 2.38. The fraction of sp³-hybridized carbons (Fsp3) is 0.304. The first-order valence-electron chi connectivity index (χ1n) is 9.95. The van der Waals surface area contributed by atoms with Crippen LogP contribution in [0.1, 0.15) is 37.5 Å². The molecule has 0 spiro atoms. The molecule has 3 aromatic rings. The van der Waals surface area contributed by atoms with Crippen molar-refractivity contribution in [3.63, 3.8) is 0 Å². The van der Waals surface area contributed by atoms with Crippen LogP contribution in [-0.2, 0) is 17.0 Å². The van der Waals surface area contributed by atoms with Crippen LogP contribution in [0.5, 0.6) is 0 Å². The van der Waals surface area contributed by atoms with Crippen LogP contribution in [0.4, 0.5) is 5.69 Å². The molecule has 4 rings (SSSR count). The van der Waals surface area contributed by atoms with Crippen LogP contribution >= 0.6 is 23.1 Å². The predicted octanol–water partition coefficient (Wildman–Crippen LogP) is 4.62. The van der Waals surface area contributed by atoms with Crippen LogP contribution in [0.15, 0.2) is 36.7 Å².